The van der Waals surface area contributed by atoms with Gasteiger partial charge in [-0.3, -0.25) is 10.1 Å². The highest BCUT2D eigenvalue weighted by Crippen LogP contribution is 2.13. The van der Waals surface area contributed by atoms with Gasteiger partial charge in [-0.25, -0.2) is 9.97 Å². The monoisotopic (exact) mass is 273 g/mol. The third-order valence-corrected chi connectivity index (χ3v) is 2.82. The molecule has 0 aliphatic rings. The van der Waals surface area contributed by atoms with Crippen LogP contribution in [0.2, 0.25) is 0 Å². The van der Waals surface area contributed by atoms with E-state index >= 15 is 0 Å². The van der Waals surface area contributed by atoms with E-state index in [0.29, 0.717) is 18.9 Å². The van der Waals surface area contributed by atoms with Gasteiger partial charge in [0.25, 0.3) is 0 Å². The fourth-order valence-corrected chi connectivity index (χ4v) is 1.71. The number of anilines is 1. The van der Waals surface area contributed by atoms with Crippen LogP contribution in [0.4, 0.5) is 11.6 Å². The van der Waals surface area contributed by atoms with E-state index in [1.165, 1.54) is 12.4 Å². The molecule has 0 aliphatic heterocycles. The van der Waals surface area contributed by atoms with Crippen LogP contribution in [0.25, 0.3) is 0 Å². The van der Waals surface area contributed by atoms with Crippen molar-refractivity contribution in [3.63, 3.8) is 0 Å². The second-order valence-electron chi connectivity index (χ2n) is 4.25. The van der Waals surface area contributed by atoms with E-state index in [9.17, 15) is 10.1 Å². The summed E-state index contributed by atoms with van der Waals surface area (Å²) in [7, 11) is 0. The number of benzene rings is 1. The molecule has 104 valence electrons. The van der Waals surface area contributed by atoms with Gasteiger partial charge in [0.2, 0.25) is 5.95 Å². The molecule has 1 heterocycles. The molecule has 0 amide bonds. The summed E-state index contributed by atoms with van der Waals surface area (Å²) >= 11 is 0. The maximum Gasteiger partial charge on any atom is 0.305 e. The molecule has 20 heavy (non-hydrogen) atoms. The second-order valence-corrected chi connectivity index (χ2v) is 4.25. The minimum Gasteiger partial charge on any atom is -0.354 e. The van der Waals surface area contributed by atoms with Crippen molar-refractivity contribution in [2.24, 2.45) is 5.73 Å². The molecule has 7 heteroatoms. The Balaban J connectivity index is 1.82. The minimum atomic E-state index is -0.533. The third-order valence-electron chi connectivity index (χ3n) is 2.82. The van der Waals surface area contributed by atoms with E-state index in [1.54, 1.807) is 0 Å². The molecule has 2 aromatic rings. The van der Waals surface area contributed by atoms with Crippen LogP contribution >= 0.6 is 0 Å². The van der Waals surface area contributed by atoms with E-state index in [2.05, 4.69) is 15.3 Å². The van der Waals surface area contributed by atoms with E-state index in [4.69, 9.17) is 5.73 Å². The van der Waals surface area contributed by atoms with Gasteiger partial charge < -0.3 is 11.1 Å². The largest absolute Gasteiger partial charge is 0.354 e. The lowest BCUT2D eigenvalue weighted by Crippen LogP contribution is -2.16. The van der Waals surface area contributed by atoms with Crippen molar-refractivity contribution >= 4 is 11.6 Å². The molecule has 1 aromatic carbocycles. The number of hydrogen-bond donors (Lipinski definition) is 2. The van der Waals surface area contributed by atoms with Gasteiger partial charge in [-0.05, 0) is 12.0 Å². The van der Waals surface area contributed by atoms with Gasteiger partial charge in [0.05, 0.1) is 4.92 Å². The maximum absolute atomic E-state index is 10.5. The van der Waals surface area contributed by atoms with Crippen LogP contribution in [0.1, 0.15) is 18.0 Å². The number of nitrogens with zero attached hydrogens (tertiary/aromatic N) is 3. The highest BCUT2D eigenvalue weighted by atomic mass is 16.6. The van der Waals surface area contributed by atoms with Crippen molar-refractivity contribution in [3.05, 3.63) is 58.4 Å². The summed E-state index contributed by atoms with van der Waals surface area (Å²) in [5, 5.41) is 13.4. The van der Waals surface area contributed by atoms with E-state index < -0.39 is 4.92 Å². The first-order chi connectivity index (χ1) is 9.66. The standard InChI is InChI=1S/C13H15N5O2/c14-12(10-4-2-1-3-5-10)6-7-15-13-16-8-11(9-17-13)18(19)20/h1-5,8-9,12H,6-7,14H2,(H,15,16,17). The predicted octanol–water partition coefficient (Wildman–Crippen LogP) is 1.89. The van der Waals surface area contributed by atoms with Crippen molar-refractivity contribution in [2.45, 2.75) is 12.5 Å². The van der Waals surface area contributed by atoms with Crippen molar-refractivity contribution in [1.82, 2.24) is 9.97 Å². The van der Waals surface area contributed by atoms with Gasteiger partial charge >= 0.3 is 5.69 Å². The molecule has 2 rings (SSSR count). The van der Waals surface area contributed by atoms with Gasteiger partial charge in [0.15, 0.2) is 0 Å². The molecule has 0 aliphatic carbocycles. The predicted molar refractivity (Wildman–Crippen MR) is 75.2 cm³/mol. The Morgan fingerprint density at radius 2 is 1.90 bits per heavy atom. The van der Waals surface area contributed by atoms with E-state index in [1.807, 2.05) is 30.3 Å². The molecule has 1 atom stereocenters. The van der Waals surface area contributed by atoms with Gasteiger partial charge in [-0.2, -0.15) is 0 Å². The van der Waals surface area contributed by atoms with Crippen molar-refractivity contribution in [1.29, 1.82) is 0 Å². The molecular formula is C13H15N5O2. The molecule has 1 aromatic heterocycles. The Labute approximate surface area is 116 Å². The smallest absolute Gasteiger partial charge is 0.305 e. The lowest BCUT2D eigenvalue weighted by molar-refractivity contribution is -0.385. The van der Waals surface area contributed by atoms with Crippen LogP contribution in [0.15, 0.2) is 42.7 Å². The molecule has 0 fully saturated rings. The van der Waals surface area contributed by atoms with Crippen LogP contribution in [0, 0.1) is 10.1 Å². The van der Waals surface area contributed by atoms with Crippen LogP contribution in [0.5, 0.6) is 0 Å². The number of hydrogen-bond acceptors (Lipinski definition) is 6. The third kappa shape index (κ3) is 3.72. The lowest BCUT2D eigenvalue weighted by atomic mass is 10.1. The molecule has 0 spiro atoms. The Bertz CT molecular complexity index is 559. The number of aromatic nitrogens is 2. The summed E-state index contributed by atoms with van der Waals surface area (Å²) in [6.07, 6.45) is 3.06. The first kappa shape index (κ1) is 13.9. The molecule has 1 unspecified atom stereocenters. The van der Waals surface area contributed by atoms with Crippen molar-refractivity contribution < 1.29 is 4.92 Å². The molecule has 3 N–H and O–H groups in total. The van der Waals surface area contributed by atoms with Crippen LogP contribution in [-0.2, 0) is 0 Å². The van der Waals surface area contributed by atoms with Crippen LogP contribution < -0.4 is 11.1 Å². The number of nitrogens with one attached hydrogen (secondary N) is 1. The van der Waals surface area contributed by atoms with Crippen molar-refractivity contribution in [3.8, 4) is 0 Å². The highest BCUT2D eigenvalue weighted by Gasteiger charge is 2.07. The quantitative estimate of drug-likeness (QED) is 0.614. The molecular weight excluding hydrogens is 258 g/mol. The van der Waals surface area contributed by atoms with Crippen LogP contribution in [0.3, 0.4) is 0 Å². The number of rotatable bonds is 6. The first-order valence-electron chi connectivity index (χ1n) is 6.17. The average Bonchev–Trinajstić information content (AvgIpc) is 2.48. The molecule has 0 bridgehead atoms. The summed E-state index contributed by atoms with van der Waals surface area (Å²) in [4.78, 5) is 17.7. The summed E-state index contributed by atoms with van der Waals surface area (Å²) in [6.45, 7) is 0.591. The minimum absolute atomic E-state index is 0.0678. The molecule has 0 saturated carbocycles. The zero-order valence-electron chi connectivity index (χ0n) is 10.8. The first-order valence-corrected chi connectivity index (χ1v) is 6.17. The SMILES string of the molecule is NC(CCNc1ncc([N+](=O)[O-])cn1)c1ccccc1. The van der Waals surface area contributed by atoms with E-state index in [-0.39, 0.29) is 11.7 Å². The Morgan fingerprint density at radius 1 is 1.25 bits per heavy atom. The summed E-state index contributed by atoms with van der Waals surface area (Å²) in [5.41, 5.74) is 6.99. The number of nitro groups is 1. The average molecular weight is 273 g/mol. The maximum atomic E-state index is 10.5. The molecule has 7 nitrogen and oxygen atoms in total. The van der Waals surface area contributed by atoms with Crippen molar-refractivity contribution in [2.75, 3.05) is 11.9 Å². The summed E-state index contributed by atoms with van der Waals surface area (Å²) in [6, 6.07) is 9.73. The Hall–Kier alpha value is -2.54. The fourth-order valence-electron chi connectivity index (χ4n) is 1.71. The Morgan fingerprint density at radius 3 is 2.50 bits per heavy atom. The van der Waals surface area contributed by atoms with E-state index in [0.717, 1.165) is 5.56 Å². The van der Waals surface area contributed by atoms with Gasteiger partial charge in [0, 0.05) is 12.6 Å². The molecule has 0 radical (unpaired) electrons. The topological polar surface area (TPSA) is 107 Å². The summed E-state index contributed by atoms with van der Waals surface area (Å²) in [5.74, 6) is 0.357. The van der Waals surface area contributed by atoms with Gasteiger partial charge in [-0.1, -0.05) is 30.3 Å². The van der Waals surface area contributed by atoms with Gasteiger partial charge in [-0.15, -0.1) is 0 Å². The Kier molecular flexibility index (Phi) is 4.56. The van der Waals surface area contributed by atoms with Crippen LogP contribution in [-0.4, -0.2) is 21.4 Å². The normalized spacial score (nSPS) is 11.8. The fraction of sp³-hybridized carbons (Fsp3) is 0.231. The lowest BCUT2D eigenvalue weighted by Gasteiger charge is -2.12. The zero-order valence-corrected chi connectivity index (χ0v) is 10.8. The molecule has 0 saturated heterocycles. The summed E-state index contributed by atoms with van der Waals surface area (Å²) < 4.78 is 0. The second kappa shape index (κ2) is 6.58. The highest BCUT2D eigenvalue weighted by molar-refractivity contribution is 5.30. The zero-order chi connectivity index (χ0) is 14.4. The number of nitrogens with two attached hydrogens (primary N) is 1. The van der Waals surface area contributed by atoms with Gasteiger partial charge in [0.1, 0.15) is 12.4 Å².